The molecule has 0 aliphatic carbocycles. The van der Waals surface area contributed by atoms with Gasteiger partial charge in [-0.2, -0.15) is 0 Å². The third-order valence-corrected chi connectivity index (χ3v) is 3.14. The molecular weight excluding hydrogens is 273 g/mol. The average molecular weight is 286 g/mol. The lowest BCUT2D eigenvalue weighted by Crippen LogP contribution is -2.13. The summed E-state index contributed by atoms with van der Waals surface area (Å²) in [7, 11) is 1.57. The number of rotatable bonds is 4. The van der Waals surface area contributed by atoms with Gasteiger partial charge in [-0.25, -0.2) is 0 Å². The van der Waals surface area contributed by atoms with Crippen molar-refractivity contribution in [2.24, 2.45) is 5.73 Å². The number of methoxy groups -OCH3 is 1. The normalized spacial score (nSPS) is 12.4. The fourth-order valence-electron chi connectivity index (χ4n) is 1.83. The standard InChI is InChI=1S/C13H13Cl2NO2/c1-17-13-8(5-9(14)7-10(13)15)6-11(16)12-3-2-4-18-12/h2-5,7,11H,6,16H2,1H3. The molecule has 0 saturated carbocycles. The fourth-order valence-corrected chi connectivity index (χ4v) is 2.45. The maximum Gasteiger partial charge on any atom is 0.140 e. The first-order chi connectivity index (χ1) is 8.61. The molecule has 2 aromatic rings. The van der Waals surface area contributed by atoms with Crippen molar-refractivity contribution in [2.75, 3.05) is 7.11 Å². The van der Waals surface area contributed by atoms with E-state index in [0.29, 0.717) is 28.0 Å². The third kappa shape index (κ3) is 2.80. The first-order valence-electron chi connectivity index (χ1n) is 5.42. The molecule has 0 bridgehead atoms. The summed E-state index contributed by atoms with van der Waals surface area (Å²) in [6, 6.07) is 6.82. The van der Waals surface area contributed by atoms with Crippen LogP contribution in [0.2, 0.25) is 10.0 Å². The van der Waals surface area contributed by atoms with Gasteiger partial charge in [0.25, 0.3) is 0 Å². The molecule has 0 radical (unpaired) electrons. The van der Waals surface area contributed by atoms with E-state index < -0.39 is 0 Å². The van der Waals surface area contributed by atoms with E-state index in [2.05, 4.69) is 0 Å². The van der Waals surface area contributed by atoms with Gasteiger partial charge in [0.2, 0.25) is 0 Å². The molecule has 0 amide bonds. The molecule has 18 heavy (non-hydrogen) atoms. The molecule has 3 nitrogen and oxygen atoms in total. The molecule has 96 valence electrons. The molecule has 1 aromatic heterocycles. The Balaban J connectivity index is 2.28. The monoisotopic (exact) mass is 285 g/mol. The zero-order chi connectivity index (χ0) is 13.1. The van der Waals surface area contributed by atoms with Crippen molar-refractivity contribution in [3.63, 3.8) is 0 Å². The molecule has 0 fully saturated rings. The van der Waals surface area contributed by atoms with Crippen LogP contribution in [0.1, 0.15) is 17.4 Å². The average Bonchev–Trinajstić information content (AvgIpc) is 2.81. The maximum atomic E-state index is 6.07. The van der Waals surface area contributed by atoms with Crippen molar-refractivity contribution in [1.29, 1.82) is 0 Å². The predicted molar refractivity (Wildman–Crippen MR) is 72.4 cm³/mol. The Morgan fingerprint density at radius 1 is 1.39 bits per heavy atom. The Hall–Kier alpha value is -1.16. The number of hydrogen-bond acceptors (Lipinski definition) is 3. The van der Waals surface area contributed by atoms with Crippen molar-refractivity contribution >= 4 is 23.2 Å². The molecule has 5 heteroatoms. The summed E-state index contributed by atoms with van der Waals surface area (Å²) in [6.07, 6.45) is 2.13. The maximum absolute atomic E-state index is 6.07. The van der Waals surface area contributed by atoms with Crippen LogP contribution in [0, 0.1) is 0 Å². The Labute approximate surface area is 115 Å². The number of nitrogens with two attached hydrogens (primary N) is 1. The van der Waals surface area contributed by atoms with Crippen LogP contribution in [0.3, 0.4) is 0 Å². The summed E-state index contributed by atoms with van der Waals surface area (Å²) in [5.74, 6) is 1.32. The van der Waals surface area contributed by atoms with Crippen molar-refractivity contribution < 1.29 is 9.15 Å². The molecule has 1 aromatic carbocycles. The molecule has 1 atom stereocenters. The van der Waals surface area contributed by atoms with Crippen molar-refractivity contribution in [3.05, 3.63) is 51.9 Å². The van der Waals surface area contributed by atoms with Crippen LogP contribution in [-0.4, -0.2) is 7.11 Å². The quantitative estimate of drug-likeness (QED) is 0.929. The van der Waals surface area contributed by atoms with Gasteiger partial charge in [-0.1, -0.05) is 23.2 Å². The van der Waals surface area contributed by atoms with E-state index in [1.54, 1.807) is 31.6 Å². The van der Waals surface area contributed by atoms with E-state index in [1.165, 1.54) is 0 Å². The van der Waals surface area contributed by atoms with Crippen LogP contribution >= 0.6 is 23.2 Å². The number of ether oxygens (including phenoxy) is 1. The number of halogens is 2. The van der Waals surface area contributed by atoms with Gasteiger partial charge < -0.3 is 14.9 Å². The van der Waals surface area contributed by atoms with E-state index in [4.69, 9.17) is 38.1 Å². The van der Waals surface area contributed by atoms with E-state index >= 15 is 0 Å². The van der Waals surface area contributed by atoms with Crippen LogP contribution < -0.4 is 10.5 Å². The summed E-state index contributed by atoms with van der Waals surface area (Å²) in [5, 5.41) is 1.04. The van der Waals surface area contributed by atoms with Crippen LogP contribution in [0.25, 0.3) is 0 Å². The summed E-state index contributed by atoms with van der Waals surface area (Å²) in [4.78, 5) is 0. The molecule has 0 aliphatic heterocycles. The van der Waals surface area contributed by atoms with Crippen molar-refractivity contribution in [2.45, 2.75) is 12.5 Å². The second-order valence-electron chi connectivity index (χ2n) is 3.91. The lowest BCUT2D eigenvalue weighted by atomic mass is 10.0. The highest BCUT2D eigenvalue weighted by Gasteiger charge is 2.15. The highest BCUT2D eigenvalue weighted by Crippen LogP contribution is 2.34. The molecule has 2 rings (SSSR count). The third-order valence-electron chi connectivity index (χ3n) is 2.64. The van der Waals surface area contributed by atoms with E-state index in [1.807, 2.05) is 6.07 Å². The van der Waals surface area contributed by atoms with Gasteiger partial charge >= 0.3 is 0 Å². The second-order valence-corrected chi connectivity index (χ2v) is 4.75. The fraction of sp³-hybridized carbons (Fsp3) is 0.231. The second kappa shape index (κ2) is 5.65. The highest BCUT2D eigenvalue weighted by molar-refractivity contribution is 6.35. The van der Waals surface area contributed by atoms with Crippen LogP contribution in [-0.2, 0) is 6.42 Å². The van der Waals surface area contributed by atoms with Gasteiger partial charge in [-0.05, 0) is 36.2 Å². The lowest BCUT2D eigenvalue weighted by Gasteiger charge is -2.14. The van der Waals surface area contributed by atoms with Gasteiger partial charge in [-0.15, -0.1) is 0 Å². The van der Waals surface area contributed by atoms with E-state index in [9.17, 15) is 0 Å². The molecule has 0 saturated heterocycles. The number of hydrogen-bond donors (Lipinski definition) is 1. The molecule has 1 unspecified atom stereocenters. The van der Waals surface area contributed by atoms with Crippen LogP contribution in [0.15, 0.2) is 34.9 Å². The minimum Gasteiger partial charge on any atom is -0.495 e. The lowest BCUT2D eigenvalue weighted by molar-refractivity contribution is 0.405. The summed E-state index contributed by atoms with van der Waals surface area (Å²) in [6.45, 7) is 0. The number of benzene rings is 1. The Morgan fingerprint density at radius 3 is 2.78 bits per heavy atom. The molecular formula is C13H13Cl2NO2. The van der Waals surface area contributed by atoms with Crippen molar-refractivity contribution in [1.82, 2.24) is 0 Å². The van der Waals surface area contributed by atoms with Crippen LogP contribution in [0.4, 0.5) is 0 Å². The predicted octanol–water partition coefficient (Wildman–Crippen LogP) is 3.84. The minimum atomic E-state index is -0.261. The molecule has 1 heterocycles. The largest absolute Gasteiger partial charge is 0.495 e. The Bertz CT molecular complexity index is 526. The zero-order valence-electron chi connectivity index (χ0n) is 9.82. The van der Waals surface area contributed by atoms with Gasteiger partial charge in [0.15, 0.2) is 0 Å². The van der Waals surface area contributed by atoms with Gasteiger partial charge in [0.1, 0.15) is 11.5 Å². The van der Waals surface area contributed by atoms with Crippen molar-refractivity contribution in [3.8, 4) is 5.75 Å². The van der Waals surface area contributed by atoms with Gasteiger partial charge in [0, 0.05) is 5.02 Å². The first kappa shape index (κ1) is 13.3. The van der Waals surface area contributed by atoms with E-state index in [-0.39, 0.29) is 6.04 Å². The molecule has 0 aliphatic rings. The minimum absolute atomic E-state index is 0.261. The summed E-state index contributed by atoms with van der Waals surface area (Å²) >= 11 is 12.1. The summed E-state index contributed by atoms with van der Waals surface area (Å²) in [5.41, 5.74) is 6.92. The smallest absolute Gasteiger partial charge is 0.140 e. The zero-order valence-corrected chi connectivity index (χ0v) is 11.3. The van der Waals surface area contributed by atoms with E-state index in [0.717, 1.165) is 5.56 Å². The number of furan rings is 1. The topological polar surface area (TPSA) is 48.4 Å². The molecule has 2 N–H and O–H groups in total. The van der Waals surface area contributed by atoms with Gasteiger partial charge in [-0.3, -0.25) is 0 Å². The van der Waals surface area contributed by atoms with Gasteiger partial charge in [0.05, 0.1) is 24.4 Å². The first-order valence-corrected chi connectivity index (χ1v) is 6.18. The highest BCUT2D eigenvalue weighted by atomic mass is 35.5. The summed E-state index contributed by atoms with van der Waals surface area (Å²) < 4.78 is 10.5. The Kier molecular flexibility index (Phi) is 4.17. The van der Waals surface area contributed by atoms with Crippen LogP contribution in [0.5, 0.6) is 5.75 Å². The SMILES string of the molecule is COc1c(Cl)cc(Cl)cc1CC(N)c1ccco1. The molecule has 0 spiro atoms. The Morgan fingerprint density at radius 2 is 2.17 bits per heavy atom.